The third-order valence-electron chi connectivity index (χ3n) is 5.38. The highest BCUT2D eigenvalue weighted by molar-refractivity contribution is 6.23. The summed E-state index contributed by atoms with van der Waals surface area (Å²) < 4.78 is 26.7. The summed E-state index contributed by atoms with van der Waals surface area (Å²) in [6.07, 6.45) is -0.199. The lowest BCUT2D eigenvalue weighted by atomic mass is 10.1. The number of rotatable bonds is 5. The van der Waals surface area contributed by atoms with Gasteiger partial charge in [-0.1, -0.05) is 29.8 Å². The van der Waals surface area contributed by atoms with Crippen LogP contribution >= 0.6 is 0 Å². The van der Waals surface area contributed by atoms with Crippen LogP contribution in [0.3, 0.4) is 0 Å². The van der Waals surface area contributed by atoms with Crippen molar-refractivity contribution in [2.45, 2.75) is 25.9 Å². The van der Waals surface area contributed by atoms with Crippen LogP contribution in [0, 0.1) is 18.6 Å². The van der Waals surface area contributed by atoms with E-state index < -0.39 is 35.4 Å². The number of nitrogens with zero attached hydrogens (tertiary/aromatic N) is 2. The van der Waals surface area contributed by atoms with E-state index in [1.807, 2.05) is 13.0 Å². The molecule has 1 heterocycles. The van der Waals surface area contributed by atoms with E-state index in [2.05, 4.69) is 0 Å². The zero-order valence-corrected chi connectivity index (χ0v) is 17.3. The van der Waals surface area contributed by atoms with Crippen LogP contribution in [-0.2, 0) is 16.1 Å². The van der Waals surface area contributed by atoms with Gasteiger partial charge in [0.15, 0.2) is 0 Å². The summed E-state index contributed by atoms with van der Waals surface area (Å²) in [4.78, 5) is 41.7. The molecule has 1 saturated heterocycles. The molecule has 3 aromatic carbocycles. The first-order valence-corrected chi connectivity index (χ1v) is 10.1. The highest BCUT2D eigenvalue weighted by atomic mass is 19.1. The van der Waals surface area contributed by atoms with Gasteiger partial charge in [0.05, 0.1) is 12.1 Å². The Balaban J connectivity index is 1.69. The monoisotopic (exact) mass is 434 g/mol. The molecule has 1 aliphatic rings. The van der Waals surface area contributed by atoms with E-state index in [1.54, 1.807) is 18.2 Å². The van der Waals surface area contributed by atoms with Gasteiger partial charge in [0, 0.05) is 12.1 Å². The molecule has 1 atom stereocenters. The number of carbonyl (C=O) groups is 3. The fourth-order valence-corrected chi connectivity index (χ4v) is 3.77. The summed E-state index contributed by atoms with van der Waals surface area (Å²) in [6.45, 7) is 1.87. The molecule has 0 aromatic heterocycles. The number of benzene rings is 3. The summed E-state index contributed by atoms with van der Waals surface area (Å²) in [7, 11) is 0. The molecule has 1 aliphatic heterocycles. The minimum Gasteiger partial charge on any atom is -0.322 e. The summed E-state index contributed by atoms with van der Waals surface area (Å²) in [5.41, 5.74) is 2.12. The Morgan fingerprint density at radius 1 is 0.969 bits per heavy atom. The first-order valence-electron chi connectivity index (χ1n) is 10.1. The van der Waals surface area contributed by atoms with Gasteiger partial charge in [-0.25, -0.2) is 13.7 Å². The van der Waals surface area contributed by atoms with E-state index in [9.17, 15) is 23.2 Å². The molecule has 162 valence electrons. The van der Waals surface area contributed by atoms with Crippen molar-refractivity contribution in [1.29, 1.82) is 0 Å². The minimum atomic E-state index is -1.04. The Morgan fingerprint density at radius 2 is 1.59 bits per heavy atom. The molecular weight excluding hydrogens is 414 g/mol. The molecule has 3 amide bonds. The van der Waals surface area contributed by atoms with Crippen molar-refractivity contribution >= 4 is 23.4 Å². The standard InChI is InChI=1S/C25H20F2N2O3/c1-16-3-2-4-18(13-16)24(31)28(15-17-5-7-19(26)8-6-17)22-14-23(30)29(25(22)32)21-11-9-20(27)10-12-21/h2-13,22H,14-15H2,1H3. The van der Waals surface area contributed by atoms with Crippen molar-refractivity contribution in [2.75, 3.05) is 4.90 Å². The van der Waals surface area contributed by atoms with E-state index in [1.165, 1.54) is 41.3 Å². The predicted molar refractivity (Wildman–Crippen MR) is 115 cm³/mol. The maximum atomic E-state index is 13.4. The Kier molecular flexibility index (Phi) is 5.81. The summed E-state index contributed by atoms with van der Waals surface area (Å²) >= 11 is 0. The van der Waals surface area contributed by atoms with E-state index in [0.29, 0.717) is 11.1 Å². The van der Waals surface area contributed by atoms with Crippen LogP contribution in [-0.4, -0.2) is 28.7 Å². The number of halogens is 2. The third-order valence-corrected chi connectivity index (χ3v) is 5.38. The largest absolute Gasteiger partial charge is 0.322 e. The number of aryl methyl sites for hydroxylation is 1. The van der Waals surface area contributed by atoms with Crippen LogP contribution in [0.15, 0.2) is 72.8 Å². The highest BCUT2D eigenvalue weighted by Gasteiger charge is 2.44. The third kappa shape index (κ3) is 4.27. The van der Waals surface area contributed by atoms with Crippen LogP contribution in [0.25, 0.3) is 0 Å². The Hall–Kier alpha value is -3.87. The molecule has 1 fully saturated rings. The van der Waals surface area contributed by atoms with E-state index in [0.717, 1.165) is 22.6 Å². The quantitative estimate of drug-likeness (QED) is 0.565. The molecule has 0 bridgehead atoms. The molecule has 32 heavy (non-hydrogen) atoms. The zero-order chi connectivity index (χ0) is 22.8. The van der Waals surface area contributed by atoms with Gasteiger partial charge >= 0.3 is 0 Å². The molecule has 3 aromatic rings. The van der Waals surface area contributed by atoms with Gasteiger partial charge in [-0.3, -0.25) is 14.4 Å². The highest BCUT2D eigenvalue weighted by Crippen LogP contribution is 2.28. The van der Waals surface area contributed by atoms with E-state index >= 15 is 0 Å². The lowest BCUT2D eigenvalue weighted by Gasteiger charge is -2.28. The normalized spacial score (nSPS) is 15.8. The van der Waals surface area contributed by atoms with Gasteiger partial charge in [0.2, 0.25) is 5.91 Å². The minimum absolute atomic E-state index is 0.0218. The first kappa shape index (κ1) is 21.4. The second kappa shape index (κ2) is 8.70. The maximum absolute atomic E-state index is 13.4. The molecule has 0 N–H and O–H groups in total. The molecule has 7 heteroatoms. The second-order valence-corrected chi connectivity index (χ2v) is 7.69. The van der Waals surface area contributed by atoms with Gasteiger partial charge in [0.25, 0.3) is 11.8 Å². The Bertz CT molecular complexity index is 1180. The van der Waals surface area contributed by atoms with E-state index in [-0.39, 0.29) is 18.7 Å². The van der Waals surface area contributed by atoms with Crippen LogP contribution in [0.4, 0.5) is 14.5 Å². The fraction of sp³-hybridized carbons (Fsp3) is 0.160. The number of hydrogen-bond donors (Lipinski definition) is 0. The smallest absolute Gasteiger partial charge is 0.257 e. The van der Waals surface area contributed by atoms with Crippen LogP contribution in [0.1, 0.15) is 27.9 Å². The van der Waals surface area contributed by atoms with Crippen LogP contribution in [0.5, 0.6) is 0 Å². The first-order chi connectivity index (χ1) is 15.3. The summed E-state index contributed by atoms with van der Waals surface area (Å²) in [6, 6.07) is 16.5. The molecule has 0 aliphatic carbocycles. The molecule has 1 unspecified atom stereocenters. The topological polar surface area (TPSA) is 57.7 Å². The Labute approximate surface area is 183 Å². The number of carbonyl (C=O) groups excluding carboxylic acids is 3. The zero-order valence-electron chi connectivity index (χ0n) is 17.3. The Morgan fingerprint density at radius 3 is 2.22 bits per heavy atom. The number of amides is 3. The van der Waals surface area contributed by atoms with Crippen molar-refractivity contribution < 1.29 is 23.2 Å². The van der Waals surface area contributed by atoms with E-state index in [4.69, 9.17) is 0 Å². The van der Waals surface area contributed by atoms with Crippen molar-refractivity contribution in [2.24, 2.45) is 0 Å². The molecule has 0 radical (unpaired) electrons. The van der Waals surface area contributed by atoms with Crippen molar-refractivity contribution in [1.82, 2.24) is 4.90 Å². The fourth-order valence-electron chi connectivity index (χ4n) is 3.77. The van der Waals surface area contributed by atoms with Gasteiger partial charge < -0.3 is 4.90 Å². The molecule has 5 nitrogen and oxygen atoms in total. The van der Waals surface area contributed by atoms with Crippen molar-refractivity contribution in [3.63, 3.8) is 0 Å². The molecule has 0 saturated carbocycles. The van der Waals surface area contributed by atoms with Crippen molar-refractivity contribution in [3.8, 4) is 0 Å². The molecular formula is C25H20F2N2O3. The molecule has 0 spiro atoms. The average molecular weight is 434 g/mol. The summed E-state index contributed by atoms with van der Waals surface area (Å²) in [5.74, 6) is -2.36. The lowest BCUT2D eigenvalue weighted by Crippen LogP contribution is -2.45. The van der Waals surface area contributed by atoms with Crippen LogP contribution < -0.4 is 4.90 Å². The number of hydrogen-bond acceptors (Lipinski definition) is 3. The SMILES string of the molecule is Cc1cccc(C(=O)N(Cc2ccc(F)cc2)C2CC(=O)N(c3ccc(F)cc3)C2=O)c1. The summed E-state index contributed by atoms with van der Waals surface area (Å²) in [5, 5.41) is 0. The van der Waals surface area contributed by atoms with Crippen molar-refractivity contribution in [3.05, 3.63) is 101 Å². The maximum Gasteiger partial charge on any atom is 0.257 e. The average Bonchev–Trinajstić information content (AvgIpc) is 3.07. The van der Waals surface area contributed by atoms with Gasteiger partial charge in [-0.2, -0.15) is 0 Å². The number of imide groups is 1. The van der Waals surface area contributed by atoms with Gasteiger partial charge in [-0.15, -0.1) is 0 Å². The predicted octanol–water partition coefficient (Wildman–Crippen LogP) is 4.25. The van der Waals surface area contributed by atoms with Crippen LogP contribution in [0.2, 0.25) is 0 Å². The number of anilines is 1. The van der Waals surface area contributed by atoms with Gasteiger partial charge in [-0.05, 0) is 61.0 Å². The second-order valence-electron chi connectivity index (χ2n) is 7.69. The van der Waals surface area contributed by atoms with Gasteiger partial charge in [0.1, 0.15) is 17.7 Å². The molecule has 4 rings (SSSR count). The lowest BCUT2D eigenvalue weighted by molar-refractivity contribution is -0.122.